The molecule has 8 heteroatoms. The number of hydrogen-bond donors (Lipinski definition) is 2. The lowest BCUT2D eigenvalue weighted by Gasteiger charge is -2.38. The van der Waals surface area contributed by atoms with Crippen LogP contribution in [-0.2, 0) is 4.79 Å². The molecule has 3 amide bonds. The van der Waals surface area contributed by atoms with Crippen molar-refractivity contribution in [2.24, 2.45) is 0 Å². The minimum absolute atomic E-state index is 0.272. The Labute approximate surface area is 190 Å². The summed E-state index contributed by atoms with van der Waals surface area (Å²) in [5, 5.41) is 5.24. The molecule has 1 aliphatic heterocycles. The molecule has 0 bridgehead atoms. The highest BCUT2D eigenvalue weighted by Crippen LogP contribution is 2.19. The van der Waals surface area contributed by atoms with Crippen LogP contribution in [0, 0.1) is 20.8 Å². The molecule has 8 nitrogen and oxygen atoms in total. The van der Waals surface area contributed by atoms with Gasteiger partial charge in [-0.05, 0) is 39.3 Å². The van der Waals surface area contributed by atoms with Gasteiger partial charge in [-0.1, -0.05) is 31.5 Å². The van der Waals surface area contributed by atoms with E-state index in [0.29, 0.717) is 18.8 Å². The third-order valence-corrected chi connectivity index (χ3v) is 5.81. The summed E-state index contributed by atoms with van der Waals surface area (Å²) in [7, 11) is 0. The first kappa shape index (κ1) is 23.7. The molecule has 2 N–H and O–H groups in total. The van der Waals surface area contributed by atoms with Gasteiger partial charge in [-0.3, -0.25) is 15.0 Å². The van der Waals surface area contributed by atoms with Crippen molar-refractivity contribution in [2.75, 3.05) is 36.4 Å². The summed E-state index contributed by atoms with van der Waals surface area (Å²) in [5.41, 5.74) is 3.74. The van der Waals surface area contributed by atoms with E-state index in [1.807, 2.05) is 52.0 Å². The fraction of sp³-hybridized carbons (Fsp3) is 0.500. The van der Waals surface area contributed by atoms with E-state index in [2.05, 4.69) is 39.3 Å². The van der Waals surface area contributed by atoms with E-state index in [0.717, 1.165) is 41.6 Å². The molecule has 0 saturated carbocycles. The summed E-state index contributed by atoms with van der Waals surface area (Å²) in [5.74, 6) is 1.75. The van der Waals surface area contributed by atoms with Gasteiger partial charge in [0.05, 0.1) is 6.04 Å². The van der Waals surface area contributed by atoms with E-state index in [4.69, 9.17) is 4.98 Å². The van der Waals surface area contributed by atoms with Gasteiger partial charge in [0.25, 0.3) is 0 Å². The van der Waals surface area contributed by atoms with Crippen molar-refractivity contribution < 1.29 is 9.59 Å². The molecule has 1 saturated heterocycles. The predicted molar refractivity (Wildman–Crippen MR) is 127 cm³/mol. The van der Waals surface area contributed by atoms with Crippen LogP contribution in [0.1, 0.15) is 49.3 Å². The fourth-order valence-corrected chi connectivity index (χ4v) is 3.82. The number of urea groups is 1. The second-order valence-electron chi connectivity index (χ2n) is 8.84. The first-order chi connectivity index (χ1) is 15.1. The zero-order chi connectivity index (χ0) is 23.4. The number of aryl methyl sites for hydroxylation is 3. The molecule has 32 heavy (non-hydrogen) atoms. The van der Waals surface area contributed by atoms with Crippen LogP contribution >= 0.6 is 0 Å². The number of piperazine rings is 1. The number of aromatic nitrogens is 2. The van der Waals surface area contributed by atoms with Crippen molar-refractivity contribution in [1.82, 2.24) is 20.2 Å². The van der Waals surface area contributed by atoms with Crippen molar-refractivity contribution in [3.63, 3.8) is 0 Å². The van der Waals surface area contributed by atoms with Gasteiger partial charge in [0.2, 0.25) is 5.91 Å². The van der Waals surface area contributed by atoms with Gasteiger partial charge in [-0.25, -0.2) is 14.8 Å². The van der Waals surface area contributed by atoms with Gasteiger partial charge in [0, 0.05) is 49.5 Å². The number of nitrogens with one attached hydrogen (secondary N) is 2. The Hall–Kier alpha value is -3.00. The third kappa shape index (κ3) is 5.82. The lowest BCUT2D eigenvalue weighted by Crippen LogP contribution is -2.55. The number of benzene rings is 1. The zero-order valence-corrected chi connectivity index (χ0v) is 19.9. The molecule has 1 fully saturated rings. The Bertz CT molecular complexity index is 982. The molecule has 1 aromatic heterocycles. The molecule has 172 valence electrons. The second kappa shape index (κ2) is 10.1. The summed E-state index contributed by atoms with van der Waals surface area (Å²) in [4.78, 5) is 38.5. The van der Waals surface area contributed by atoms with Crippen LogP contribution in [0.15, 0.2) is 24.3 Å². The topological polar surface area (TPSA) is 90.5 Å². The van der Waals surface area contributed by atoms with Crippen LogP contribution in [0.4, 0.5) is 16.3 Å². The first-order valence-corrected chi connectivity index (χ1v) is 11.2. The van der Waals surface area contributed by atoms with Crippen molar-refractivity contribution in [3.05, 3.63) is 46.9 Å². The van der Waals surface area contributed by atoms with Crippen LogP contribution in [0.25, 0.3) is 0 Å². The van der Waals surface area contributed by atoms with E-state index in [-0.39, 0.29) is 11.8 Å². The smallest absolute Gasteiger partial charge is 0.325 e. The summed E-state index contributed by atoms with van der Waals surface area (Å²) >= 11 is 0. The molecule has 0 aliphatic carbocycles. The van der Waals surface area contributed by atoms with Gasteiger partial charge in [-0.2, -0.15) is 0 Å². The van der Waals surface area contributed by atoms with Crippen molar-refractivity contribution in [1.29, 1.82) is 0 Å². The molecular weight excluding hydrogens is 404 g/mol. The number of hydrogen-bond acceptors (Lipinski definition) is 6. The Balaban J connectivity index is 1.54. The van der Waals surface area contributed by atoms with E-state index < -0.39 is 12.1 Å². The Kier molecular flexibility index (Phi) is 7.45. The number of amides is 3. The van der Waals surface area contributed by atoms with Crippen LogP contribution in [0.5, 0.6) is 0 Å². The van der Waals surface area contributed by atoms with Crippen LogP contribution in [0.2, 0.25) is 0 Å². The van der Waals surface area contributed by atoms with Crippen molar-refractivity contribution >= 4 is 23.4 Å². The largest absolute Gasteiger partial charge is 0.354 e. The summed E-state index contributed by atoms with van der Waals surface area (Å²) in [6, 6.07) is 6.86. The predicted octanol–water partition coefficient (Wildman–Crippen LogP) is 3.38. The summed E-state index contributed by atoms with van der Waals surface area (Å²) in [6.45, 7) is 14.9. The van der Waals surface area contributed by atoms with Crippen molar-refractivity contribution in [3.8, 4) is 0 Å². The maximum atomic E-state index is 12.6. The van der Waals surface area contributed by atoms with Gasteiger partial charge >= 0.3 is 6.03 Å². The quantitative estimate of drug-likeness (QED) is 0.744. The number of anilines is 2. The minimum Gasteiger partial charge on any atom is -0.354 e. The Morgan fingerprint density at radius 3 is 2.28 bits per heavy atom. The highest BCUT2D eigenvalue weighted by Gasteiger charge is 2.27. The van der Waals surface area contributed by atoms with Gasteiger partial charge in [0.15, 0.2) is 0 Å². The molecular formula is C24H34N6O2. The normalized spacial score (nSPS) is 15.5. The average molecular weight is 439 g/mol. The van der Waals surface area contributed by atoms with Gasteiger partial charge in [0.1, 0.15) is 11.6 Å². The Morgan fingerprint density at radius 2 is 1.66 bits per heavy atom. The lowest BCUT2D eigenvalue weighted by molar-refractivity contribution is -0.124. The monoisotopic (exact) mass is 438 g/mol. The molecule has 2 aromatic rings. The molecule has 1 aromatic carbocycles. The van der Waals surface area contributed by atoms with E-state index in [9.17, 15) is 9.59 Å². The van der Waals surface area contributed by atoms with Gasteiger partial charge in [-0.15, -0.1) is 0 Å². The highest BCUT2D eigenvalue weighted by molar-refractivity contribution is 6.03. The van der Waals surface area contributed by atoms with Crippen LogP contribution < -0.4 is 15.5 Å². The zero-order valence-electron chi connectivity index (χ0n) is 19.9. The number of rotatable bonds is 5. The standard InChI is InChI=1S/C24H34N6O2/c1-15(2)22-25-18(5)14-21(27-22)30-11-9-29(10-12-30)19(6)23(31)28-24(32)26-20-8-7-16(3)13-17(20)4/h7-8,13-15,19H,9-12H2,1-6H3,(H2,26,28,31,32). The minimum atomic E-state index is -0.509. The average Bonchev–Trinajstić information content (AvgIpc) is 2.74. The number of nitrogens with zero attached hydrogens (tertiary/aromatic N) is 4. The van der Waals surface area contributed by atoms with E-state index in [1.165, 1.54) is 0 Å². The van der Waals surface area contributed by atoms with Gasteiger partial charge < -0.3 is 10.2 Å². The van der Waals surface area contributed by atoms with E-state index in [1.54, 1.807) is 0 Å². The molecule has 1 unspecified atom stereocenters. The number of carbonyl (C=O) groups excluding carboxylic acids is 2. The van der Waals surface area contributed by atoms with Crippen LogP contribution in [-0.4, -0.2) is 59.0 Å². The van der Waals surface area contributed by atoms with Crippen LogP contribution in [0.3, 0.4) is 0 Å². The number of imide groups is 1. The molecule has 0 radical (unpaired) electrons. The lowest BCUT2D eigenvalue weighted by atomic mass is 10.1. The third-order valence-electron chi connectivity index (χ3n) is 5.81. The maximum absolute atomic E-state index is 12.6. The highest BCUT2D eigenvalue weighted by atomic mass is 16.2. The summed E-state index contributed by atoms with van der Waals surface area (Å²) in [6.07, 6.45) is 0. The molecule has 2 heterocycles. The second-order valence-corrected chi connectivity index (χ2v) is 8.84. The molecule has 0 spiro atoms. The molecule has 3 rings (SSSR count). The first-order valence-electron chi connectivity index (χ1n) is 11.2. The molecule has 1 atom stereocenters. The molecule has 1 aliphatic rings. The fourth-order valence-electron chi connectivity index (χ4n) is 3.82. The van der Waals surface area contributed by atoms with E-state index >= 15 is 0 Å². The maximum Gasteiger partial charge on any atom is 0.325 e. The number of carbonyl (C=O) groups is 2. The summed E-state index contributed by atoms with van der Waals surface area (Å²) < 4.78 is 0. The Morgan fingerprint density at radius 1 is 0.969 bits per heavy atom. The van der Waals surface area contributed by atoms with Crippen molar-refractivity contribution in [2.45, 2.75) is 53.5 Å². The SMILES string of the molecule is Cc1ccc(NC(=O)NC(=O)C(C)N2CCN(c3cc(C)nc(C(C)C)n3)CC2)c(C)c1.